The van der Waals surface area contributed by atoms with E-state index in [1.165, 1.54) is 34.9 Å². The Balaban J connectivity index is 2.19. The lowest BCUT2D eigenvalue weighted by atomic mass is 10.0. The number of benzene rings is 1. The predicted molar refractivity (Wildman–Crippen MR) is 121 cm³/mol. The van der Waals surface area contributed by atoms with E-state index in [4.69, 9.17) is 4.74 Å². The topological polar surface area (TPSA) is 113 Å². The first kappa shape index (κ1) is 25.9. The van der Waals surface area contributed by atoms with Crippen LogP contribution >= 0.6 is 0 Å². The minimum atomic E-state index is -3.83. The van der Waals surface area contributed by atoms with Crippen LogP contribution in [-0.4, -0.2) is 84.6 Å². The van der Waals surface area contributed by atoms with Gasteiger partial charge in [0.25, 0.3) is 5.91 Å². The second-order valence-electron chi connectivity index (χ2n) is 7.95. The van der Waals surface area contributed by atoms with Gasteiger partial charge in [-0.2, -0.15) is 4.31 Å². The molecule has 176 valence electrons. The summed E-state index contributed by atoms with van der Waals surface area (Å²) in [4.78, 5) is 22.2. The molecule has 1 heterocycles. The summed E-state index contributed by atoms with van der Waals surface area (Å²) in [5.74, 6) is -0.577. The molecule has 1 amide bonds. The third-order valence-corrected chi connectivity index (χ3v) is 7.37. The Hall–Kier alpha value is -2.40. The van der Waals surface area contributed by atoms with Gasteiger partial charge in [0, 0.05) is 45.7 Å². The highest BCUT2D eigenvalue weighted by atomic mass is 32.2. The van der Waals surface area contributed by atoms with E-state index in [9.17, 15) is 18.3 Å². The number of likely N-dealkylation sites (N-methyl/N-ethyl adjacent to an activating group) is 1. The highest BCUT2D eigenvalue weighted by Gasteiger charge is 2.33. The molecule has 0 radical (unpaired) electrons. The Morgan fingerprint density at radius 1 is 1.16 bits per heavy atom. The number of hydrogen-bond acceptors (Lipinski definition) is 7. The Morgan fingerprint density at radius 3 is 2.34 bits per heavy atom. The highest BCUT2D eigenvalue weighted by Crippen LogP contribution is 2.22. The molecular formula is C22H32N4O5S. The Labute approximate surface area is 190 Å². The summed E-state index contributed by atoms with van der Waals surface area (Å²) in [6.07, 6.45) is 3.88. The largest absolute Gasteiger partial charge is 0.395 e. The minimum Gasteiger partial charge on any atom is -0.395 e. The minimum absolute atomic E-state index is 0.115. The second kappa shape index (κ2) is 11.5. The van der Waals surface area contributed by atoms with Crippen LogP contribution in [0.2, 0.25) is 0 Å². The van der Waals surface area contributed by atoms with Crippen LogP contribution in [0.3, 0.4) is 0 Å². The average Bonchev–Trinajstić information content (AvgIpc) is 2.80. The summed E-state index contributed by atoms with van der Waals surface area (Å²) in [6, 6.07) is 5.98. The maximum Gasteiger partial charge on any atom is 0.273 e. The standard InChI is InChI=1S/C22H32N4O5S/c1-16-6-8-19(9-7-16)32(29,30)26(18(3)15-27)13-17(2)21(31-5)14-25(4)22(28)20-12-23-10-11-24-20/h6-12,17-18,21,27H,13-15H2,1-5H3/t17-,18-,21+/m0/s1. The van der Waals surface area contributed by atoms with Gasteiger partial charge in [-0.25, -0.2) is 13.4 Å². The average molecular weight is 465 g/mol. The number of ether oxygens (including phenoxy) is 1. The Kier molecular flexibility index (Phi) is 9.26. The summed E-state index contributed by atoms with van der Waals surface area (Å²) in [7, 11) is -0.679. The van der Waals surface area contributed by atoms with Gasteiger partial charge in [0.15, 0.2) is 0 Å². The van der Waals surface area contributed by atoms with Gasteiger partial charge in [0.2, 0.25) is 10.0 Å². The van der Waals surface area contributed by atoms with Crippen molar-refractivity contribution in [1.82, 2.24) is 19.2 Å². The number of aliphatic hydroxyl groups is 1. The smallest absolute Gasteiger partial charge is 0.273 e. The summed E-state index contributed by atoms with van der Waals surface area (Å²) >= 11 is 0. The molecule has 0 bridgehead atoms. The summed E-state index contributed by atoms with van der Waals surface area (Å²) in [6.45, 7) is 5.43. The van der Waals surface area contributed by atoms with Crippen molar-refractivity contribution in [2.75, 3.05) is 33.9 Å². The Morgan fingerprint density at radius 2 is 1.81 bits per heavy atom. The molecule has 3 atom stereocenters. The maximum absolute atomic E-state index is 13.3. The van der Waals surface area contributed by atoms with Gasteiger partial charge in [-0.05, 0) is 31.9 Å². The third kappa shape index (κ3) is 6.32. The van der Waals surface area contributed by atoms with E-state index in [0.717, 1.165) is 5.56 Å². The van der Waals surface area contributed by atoms with Gasteiger partial charge < -0.3 is 14.7 Å². The van der Waals surface area contributed by atoms with Crippen molar-refractivity contribution in [2.45, 2.75) is 37.8 Å². The van der Waals surface area contributed by atoms with Crippen molar-refractivity contribution < 1.29 is 23.1 Å². The molecule has 2 rings (SSSR count). The lowest BCUT2D eigenvalue weighted by Crippen LogP contribution is -2.47. The SMILES string of the molecule is CO[C@H](CN(C)C(=O)c1cnccn1)[C@@H](C)CN([C@@H](C)CO)S(=O)(=O)c1ccc(C)cc1. The molecule has 1 N–H and O–H groups in total. The van der Waals surface area contributed by atoms with Gasteiger partial charge in [-0.3, -0.25) is 9.78 Å². The molecule has 0 aliphatic rings. The van der Waals surface area contributed by atoms with E-state index < -0.39 is 22.2 Å². The number of amides is 1. The van der Waals surface area contributed by atoms with E-state index in [-0.39, 0.29) is 42.1 Å². The number of sulfonamides is 1. The molecule has 0 saturated heterocycles. The van der Waals surface area contributed by atoms with Crippen molar-refractivity contribution >= 4 is 15.9 Å². The highest BCUT2D eigenvalue weighted by molar-refractivity contribution is 7.89. The molecule has 0 spiro atoms. The number of nitrogens with zero attached hydrogens (tertiary/aromatic N) is 4. The summed E-state index contributed by atoms with van der Waals surface area (Å²) < 4.78 is 33.5. The van der Waals surface area contributed by atoms with E-state index in [0.29, 0.717) is 0 Å². The maximum atomic E-state index is 13.3. The van der Waals surface area contributed by atoms with Crippen LogP contribution in [0, 0.1) is 12.8 Å². The molecule has 0 saturated carbocycles. The zero-order chi connectivity index (χ0) is 23.9. The number of methoxy groups -OCH3 is 1. The number of hydrogen-bond donors (Lipinski definition) is 1. The normalized spacial score (nSPS) is 14.7. The van der Waals surface area contributed by atoms with Crippen molar-refractivity contribution in [3.63, 3.8) is 0 Å². The zero-order valence-electron chi connectivity index (χ0n) is 19.2. The van der Waals surface area contributed by atoms with Crippen LogP contribution in [0.15, 0.2) is 47.8 Å². The Bertz CT molecular complexity index is 970. The molecule has 0 aliphatic heterocycles. The summed E-state index contributed by atoms with van der Waals surface area (Å²) in [5.41, 5.74) is 1.17. The number of carbonyl (C=O) groups is 1. The molecule has 0 aliphatic carbocycles. The molecule has 1 aromatic carbocycles. The first-order chi connectivity index (χ1) is 15.1. The molecule has 2 aromatic rings. The second-order valence-corrected chi connectivity index (χ2v) is 9.84. The van der Waals surface area contributed by atoms with E-state index in [2.05, 4.69) is 9.97 Å². The van der Waals surface area contributed by atoms with Crippen molar-refractivity contribution in [3.05, 3.63) is 54.1 Å². The zero-order valence-corrected chi connectivity index (χ0v) is 20.0. The number of aromatic nitrogens is 2. The van der Waals surface area contributed by atoms with E-state index >= 15 is 0 Å². The number of rotatable bonds is 11. The monoisotopic (exact) mass is 464 g/mol. The van der Waals surface area contributed by atoms with Crippen molar-refractivity contribution in [1.29, 1.82) is 0 Å². The fraction of sp³-hybridized carbons (Fsp3) is 0.500. The van der Waals surface area contributed by atoms with Gasteiger partial charge in [-0.15, -0.1) is 0 Å². The van der Waals surface area contributed by atoms with Crippen LogP contribution in [0.1, 0.15) is 29.9 Å². The van der Waals surface area contributed by atoms with Gasteiger partial charge in [-0.1, -0.05) is 24.6 Å². The van der Waals surface area contributed by atoms with Crippen molar-refractivity contribution in [3.8, 4) is 0 Å². The number of aliphatic hydroxyl groups excluding tert-OH is 1. The van der Waals surface area contributed by atoms with Gasteiger partial charge in [0.05, 0.1) is 23.8 Å². The van der Waals surface area contributed by atoms with Crippen LogP contribution in [0.5, 0.6) is 0 Å². The fourth-order valence-electron chi connectivity index (χ4n) is 3.30. The molecule has 32 heavy (non-hydrogen) atoms. The van der Waals surface area contributed by atoms with Crippen LogP contribution in [0.25, 0.3) is 0 Å². The van der Waals surface area contributed by atoms with Gasteiger partial charge >= 0.3 is 0 Å². The van der Waals surface area contributed by atoms with Crippen molar-refractivity contribution in [2.24, 2.45) is 5.92 Å². The van der Waals surface area contributed by atoms with Crippen LogP contribution in [-0.2, 0) is 14.8 Å². The molecule has 0 fully saturated rings. The predicted octanol–water partition coefficient (Wildman–Crippen LogP) is 1.58. The number of carbonyl (C=O) groups excluding carboxylic acids is 1. The number of aryl methyl sites for hydroxylation is 1. The first-order valence-corrected chi connectivity index (χ1v) is 11.8. The van der Waals surface area contributed by atoms with E-state index in [1.807, 2.05) is 13.8 Å². The molecule has 9 nitrogen and oxygen atoms in total. The van der Waals surface area contributed by atoms with Gasteiger partial charge in [0.1, 0.15) is 5.69 Å². The molecular weight excluding hydrogens is 432 g/mol. The molecule has 0 unspecified atom stereocenters. The van der Waals surface area contributed by atoms with E-state index in [1.54, 1.807) is 38.2 Å². The lowest BCUT2D eigenvalue weighted by molar-refractivity contribution is 0.0219. The fourth-order valence-corrected chi connectivity index (χ4v) is 5.02. The third-order valence-electron chi connectivity index (χ3n) is 5.37. The summed E-state index contributed by atoms with van der Waals surface area (Å²) in [5, 5.41) is 9.71. The van der Waals surface area contributed by atoms with Crippen LogP contribution < -0.4 is 0 Å². The lowest BCUT2D eigenvalue weighted by Gasteiger charge is -2.33. The quantitative estimate of drug-likeness (QED) is 0.537. The van der Waals surface area contributed by atoms with Crippen LogP contribution in [0.4, 0.5) is 0 Å². The first-order valence-electron chi connectivity index (χ1n) is 10.4. The molecule has 10 heteroatoms. The molecule has 1 aromatic heterocycles.